The van der Waals surface area contributed by atoms with Crippen molar-refractivity contribution in [2.45, 2.75) is 405 Å². The Labute approximate surface area is 518 Å². The monoisotopic (exact) mass is 1190 g/mol. The predicted molar refractivity (Wildman–Crippen MR) is 360 cm³/mol. The highest BCUT2D eigenvalue weighted by Crippen LogP contribution is 2.43. The van der Waals surface area contributed by atoms with E-state index in [1.807, 2.05) is 33.3 Å². The van der Waals surface area contributed by atoms with E-state index in [9.17, 15) is 19.0 Å². The Kier molecular flexibility index (Phi) is 62.8. The number of hydrogen-bond donors (Lipinski definition) is 2. The smallest absolute Gasteiger partial charge is 0.456 e. The van der Waals surface area contributed by atoms with Crippen LogP contribution in [0.25, 0.3) is 0 Å². The maximum absolute atomic E-state index is 13.6. The van der Waals surface area contributed by atoms with E-state index in [2.05, 4.69) is 26.1 Å². The van der Waals surface area contributed by atoms with Crippen LogP contribution in [-0.4, -0.2) is 74.3 Å². The van der Waals surface area contributed by atoms with Gasteiger partial charge in [-0.05, 0) is 31.8 Å². The van der Waals surface area contributed by atoms with Gasteiger partial charge >= 0.3 is 13.8 Å². The number of carbonyl (C=O) groups excluding carboxylic acids is 2. The van der Waals surface area contributed by atoms with Crippen LogP contribution in [0.1, 0.15) is 393 Å². The minimum absolute atomic E-state index is 0.0461. The lowest BCUT2D eigenvalue weighted by Crippen LogP contribution is -2.47. The molecule has 0 aromatic heterocycles. The number of esters is 1. The Balaban J connectivity index is 4.89. The number of hydrogen-bond acceptors (Lipinski definition) is 6. The van der Waals surface area contributed by atoms with Gasteiger partial charge in [0.1, 0.15) is 19.3 Å². The van der Waals surface area contributed by atoms with Crippen molar-refractivity contribution in [2.24, 2.45) is 0 Å². The Morgan fingerprint density at radius 2 is 0.687 bits per heavy atom. The molecule has 0 aliphatic rings. The topological polar surface area (TPSA) is 111 Å². The van der Waals surface area contributed by atoms with Crippen LogP contribution in [0.2, 0.25) is 0 Å². The van der Waals surface area contributed by atoms with Gasteiger partial charge in [-0.15, -0.1) is 0 Å². The summed E-state index contributed by atoms with van der Waals surface area (Å²) in [4.78, 5) is 37.9. The molecule has 0 bridgehead atoms. The molecule has 3 unspecified atom stereocenters. The van der Waals surface area contributed by atoms with Crippen LogP contribution < -0.4 is 5.32 Å². The Morgan fingerprint density at radius 1 is 0.410 bits per heavy atom. The summed E-state index contributed by atoms with van der Waals surface area (Å²) >= 11 is 0. The lowest BCUT2D eigenvalue weighted by molar-refractivity contribution is -0.870. The van der Waals surface area contributed by atoms with Crippen molar-refractivity contribution < 1.29 is 37.3 Å². The fourth-order valence-corrected chi connectivity index (χ4v) is 12.3. The molecule has 83 heavy (non-hydrogen) atoms. The summed E-state index contributed by atoms with van der Waals surface area (Å²) < 4.78 is 30.8. The number of likely N-dealkylation sites (N-methyl/N-ethyl adjacent to an activating group) is 1. The van der Waals surface area contributed by atoms with E-state index >= 15 is 0 Å². The summed E-state index contributed by atoms with van der Waals surface area (Å²) in [5, 5.41) is 3.08. The molecule has 0 saturated carbocycles. The average molecular weight is 1190 g/mol. The predicted octanol–water partition coefficient (Wildman–Crippen LogP) is 23.5. The number of nitrogens with one attached hydrogen (secondary N) is 1. The van der Waals surface area contributed by atoms with Crippen molar-refractivity contribution in [3.8, 4) is 0 Å². The van der Waals surface area contributed by atoms with E-state index in [0.717, 1.165) is 57.8 Å². The van der Waals surface area contributed by atoms with Crippen LogP contribution in [0.15, 0.2) is 12.2 Å². The zero-order valence-electron chi connectivity index (χ0n) is 56.7. The van der Waals surface area contributed by atoms with E-state index in [0.29, 0.717) is 23.9 Å². The number of carbonyl (C=O) groups is 2. The number of amides is 1. The Morgan fingerprint density at radius 3 is 0.988 bits per heavy atom. The third kappa shape index (κ3) is 65.0. The van der Waals surface area contributed by atoms with Crippen molar-refractivity contribution >= 4 is 19.7 Å². The summed E-state index contributed by atoms with van der Waals surface area (Å²) in [5.41, 5.74) is 0. The normalized spacial score (nSPS) is 13.5. The maximum atomic E-state index is 13.6. The fraction of sp³-hybridized carbons (Fsp3) is 0.945. The van der Waals surface area contributed by atoms with Crippen LogP contribution in [-0.2, 0) is 27.9 Å². The highest BCUT2D eigenvalue weighted by atomic mass is 31.2. The van der Waals surface area contributed by atoms with Gasteiger partial charge in [-0.2, -0.15) is 0 Å². The van der Waals surface area contributed by atoms with Crippen LogP contribution in [0, 0.1) is 0 Å². The van der Waals surface area contributed by atoms with Crippen molar-refractivity contribution in [3.05, 3.63) is 12.2 Å². The number of allylic oxidation sites excluding steroid dienone is 1. The number of unbranched alkanes of at least 4 members (excludes halogenated alkanes) is 53. The molecule has 0 aromatic carbocycles. The standard InChI is InChI=1S/C73H145N2O7P/c1-7-10-13-16-19-22-25-27-29-31-33-34-35-36-37-38-39-40-42-43-45-47-50-53-56-59-62-65-72(76)74-70(69-81-83(78,79)80-68-67-75(4,5)6)71(64-61-58-55-52-49-24-21-18-15-12-9-3)82-73(77)66-63-60-57-54-51-48-46-44-41-32-30-28-26-23-20-17-14-11-8-2/h61,64,70-71H,7-60,62-63,65-69H2,1-6H3,(H-,74,76,78,79)/p+1/b64-61-. The number of ether oxygens (including phenoxy) is 1. The van der Waals surface area contributed by atoms with E-state index in [4.69, 9.17) is 13.8 Å². The second-order valence-electron chi connectivity index (χ2n) is 26.8. The van der Waals surface area contributed by atoms with Gasteiger partial charge < -0.3 is 19.4 Å². The number of phosphoric ester groups is 1. The van der Waals surface area contributed by atoms with Crippen molar-refractivity contribution in [2.75, 3.05) is 40.9 Å². The summed E-state index contributed by atoms with van der Waals surface area (Å²) in [6.45, 7) is 7.09. The van der Waals surface area contributed by atoms with Crippen molar-refractivity contribution in [3.63, 3.8) is 0 Å². The molecule has 494 valence electrons. The van der Waals surface area contributed by atoms with Gasteiger partial charge in [-0.1, -0.05) is 361 Å². The van der Waals surface area contributed by atoms with E-state index < -0.39 is 20.0 Å². The third-order valence-corrected chi connectivity index (χ3v) is 18.2. The lowest BCUT2D eigenvalue weighted by Gasteiger charge is -2.27. The molecular weight excluding hydrogens is 1050 g/mol. The first kappa shape index (κ1) is 81.8. The fourth-order valence-electron chi connectivity index (χ4n) is 11.5. The molecule has 2 N–H and O–H groups in total. The highest BCUT2D eigenvalue weighted by Gasteiger charge is 2.30. The van der Waals surface area contributed by atoms with Gasteiger partial charge in [0.25, 0.3) is 0 Å². The molecule has 0 heterocycles. The van der Waals surface area contributed by atoms with Crippen LogP contribution in [0.4, 0.5) is 0 Å². The molecule has 0 spiro atoms. The molecule has 0 saturated heterocycles. The van der Waals surface area contributed by atoms with E-state index in [1.54, 1.807) is 0 Å². The molecule has 3 atom stereocenters. The third-order valence-electron chi connectivity index (χ3n) is 17.2. The first-order valence-corrected chi connectivity index (χ1v) is 38.5. The summed E-state index contributed by atoms with van der Waals surface area (Å²) in [5.74, 6) is -0.477. The number of phosphoric acid groups is 1. The number of rotatable bonds is 69. The van der Waals surface area contributed by atoms with Gasteiger partial charge in [0.15, 0.2) is 0 Å². The first-order valence-electron chi connectivity index (χ1n) is 37.0. The van der Waals surface area contributed by atoms with Gasteiger partial charge in [-0.25, -0.2) is 4.57 Å². The lowest BCUT2D eigenvalue weighted by atomic mass is 10.0. The minimum atomic E-state index is -4.45. The van der Waals surface area contributed by atoms with Crippen LogP contribution >= 0.6 is 7.82 Å². The second kappa shape index (κ2) is 63.8. The Bertz CT molecular complexity index is 1420. The summed E-state index contributed by atoms with van der Waals surface area (Å²) in [6, 6.07) is -0.840. The molecule has 9 nitrogen and oxygen atoms in total. The summed E-state index contributed by atoms with van der Waals surface area (Å²) in [6.07, 6.45) is 76.7. The first-order chi connectivity index (χ1) is 40.4. The van der Waals surface area contributed by atoms with Gasteiger partial charge in [-0.3, -0.25) is 18.6 Å². The quantitative estimate of drug-likeness (QED) is 0.0205. The molecule has 0 rings (SSSR count). The van der Waals surface area contributed by atoms with Gasteiger partial charge in [0, 0.05) is 12.8 Å². The van der Waals surface area contributed by atoms with E-state index in [-0.39, 0.29) is 25.1 Å². The molecular formula is C73H146N2O7P+. The maximum Gasteiger partial charge on any atom is 0.472 e. The molecule has 0 aromatic rings. The van der Waals surface area contributed by atoms with Crippen LogP contribution in [0.3, 0.4) is 0 Å². The second-order valence-corrected chi connectivity index (χ2v) is 28.3. The Hall–Kier alpha value is -1.25. The molecule has 0 fully saturated rings. The van der Waals surface area contributed by atoms with Crippen LogP contribution in [0.5, 0.6) is 0 Å². The largest absolute Gasteiger partial charge is 0.472 e. The van der Waals surface area contributed by atoms with Crippen molar-refractivity contribution in [1.82, 2.24) is 5.32 Å². The minimum Gasteiger partial charge on any atom is -0.456 e. The molecule has 0 aliphatic carbocycles. The molecule has 1 amide bonds. The molecule has 0 aliphatic heterocycles. The van der Waals surface area contributed by atoms with Gasteiger partial charge in [0.2, 0.25) is 5.91 Å². The molecule has 0 radical (unpaired) electrons. The van der Waals surface area contributed by atoms with Gasteiger partial charge in [0.05, 0.1) is 33.8 Å². The number of nitrogens with zero attached hydrogens (tertiary/aromatic N) is 1. The van der Waals surface area contributed by atoms with Crippen molar-refractivity contribution in [1.29, 1.82) is 0 Å². The summed E-state index contributed by atoms with van der Waals surface area (Å²) in [7, 11) is 1.52. The molecule has 10 heteroatoms. The SMILES string of the molecule is CCCCCCCCCCC/C=C\C(OC(=O)CCCCCCCCCCCCCCCCCCCCC)C(COP(=O)(O)OCC[N+](C)(C)C)NC(=O)CCCCCCCCCCCCCCCCCCCCCCCCCCCCC. The zero-order chi connectivity index (χ0) is 60.7. The highest BCUT2D eigenvalue weighted by molar-refractivity contribution is 7.47. The number of quaternary nitrogens is 1. The van der Waals surface area contributed by atoms with E-state index in [1.165, 1.54) is 302 Å². The average Bonchev–Trinajstić information content (AvgIpc) is 3.51. The zero-order valence-corrected chi connectivity index (χ0v) is 57.6.